The Morgan fingerprint density at radius 3 is 2.71 bits per heavy atom. The van der Waals surface area contributed by atoms with E-state index in [2.05, 4.69) is 20.5 Å². The minimum atomic E-state index is -0.251. The molecule has 0 radical (unpaired) electrons. The fourth-order valence-corrected chi connectivity index (χ4v) is 4.38. The number of thioether (sulfide) groups is 1. The molecule has 0 aliphatic rings. The maximum Gasteiger partial charge on any atom is 0.234 e. The number of ether oxygens (including phenoxy) is 2. The number of carbonyl (C=O) groups is 1. The van der Waals surface area contributed by atoms with Gasteiger partial charge < -0.3 is 14.8 Å². The molecule has 11 heteroatoms. The van der Waals surface area contributed by atoms with Gasteiger partial charge in [0.15, 0.2) is 10.8 Å². The third kappa shape index (κ3) is 4.59. The third-order valence-electron chi connectivity index (χ3n) is 5.20. The van der Waals surface area contributed by atoms with Crippen LogP contribution in [0.2, 0.25) is 5.02 Å². The Kier molecular flexibility index (Phi) is 6.80. The molecule has 0 aliphatic heterocycles. The largest absolute Gasteiger partial charge is 0.497 e. The van der Waals surface area contributed by atoms with Crippen molar-refractivity contribution in [1.82, 2.24) is 19.7 Å². The van der Waals surface area contributed by atoms with E-state index < -0.39 is 0 Å². The SMILES string of the molecule is COc1ccc(NC(=O)CSc2nc3n[nH]c(C)c3c(=N)n2-c2ccc(Cl)c(C)c2)c(OC)c1. The van der Waals surface area contributed by atoms with Crippen LogP contribution in [0.15, 0.2) is 41.6 Å². The number of benzene rings is 2. The van der Waals surface area contributed by atoms with Gasteiger partial charge in [-0.2, -0.15) is 5.10 Å². The summed E-state index contributed by atoms with van der Waals surface area (Å²) in [6.07, 6.45) is 0. The van der Waals surface area contributed by atoms with Gasteiger partial charge in [-0.05, 0) is 49.7 Å². The van der Waals surface area contributed by atoms with E-state index >= 15 is 0 Å². The van der Waals surface area contributed by atoms with Crippen LogP contribution < -0.4 is 20.3 Å². The standard InChI is InChI=1S/C23H23ClN6O3S/c1-12-9-14(5-7-16(12)24)30-21(25)20-13(2)28-29-22(20)27-23(30)34-11-19(31)26-17-8-6-15(32-3)10-18(17)33-4/h5-10,25H,11H2,1-4H3,(H,26,31)(H,28,29). The van der Waals surface area contributed by atoms with E-state index in [0.717, 1.165) is 16.9 Å². The van der Waals surface area contributed by atoms with Crippen LogP contribution in [0.3, 0.4) is 0 Å². The first-order chi connectivity index (χ1) is 16.3. The molecule has 0 spiro atoms. The van der Waals surface area contributed by atoms with Gasteiger partial charge in [-0.15, -0.1) is 0 Å². The fourth-order valence-electron chi connectivity index (χ4n) is 3.45. The number of halogens is 1. The predicted molar refractivity (Wildman–Crippen MR) is 132 cm³/mol. The maximum absolute atomic E-state index is 12.8. The number of amides is 1. The number of H-pyrrole nitrogens is 1. The number of aromatic amines is 1. The first-order valence-corrected chi connectivity index (χ1v) is 11.6. The normalized spacial score (nSPS) is 11.0. The smallest absolute Gasteiger partial charge is 0.234 e. The average Bonchev–Trinajstić information content (AvgIpc) is 3.20. The summed E-state index contributed by atoms with van der Waals surface area (Å²) in [5.41, 5.74) is 3.51. The van der Waals surface area contributed by atoms with Gasteiger partial charge in [-0.3, -0.25) is 19.9 Å². The van der Waals surface area contributed by atoms with E-state index in [9.17, 15) is 4.79 Å². The van der Waals surface area contributed by atoms with Crippen molar-refractivity contribution < 1.29 is 14.3 Å². The summed E-state index contributed by atoms with van der Waals surface area (Å²) in [6, 6.07) is 10.6. The number of fused-ring (bicyclic) bond motifs is 1. The summed E-state index contributed by atoms with van der Waals surface area (Å²) in [5.74, 6) is 0.921. The Bertz CT molecular complexity index is 1450. The van der Waals surface area contributed by atoms with Gasteiger partial charge in [0.05, 0.1) is 31.0 Å². The lowest BCUT2D eigenvalue weighted by atomic mass is 10.2. The highest BCUT2D eigenvalue weighted by Gasteiger charge is 2.17. The van der Waals surface area contributed by atoms with E-state index in [4.69, 9.17) is 26.5 Å². The molecule has 34 heavy (non-hydrogen) atoms. The van der Waals surface area contributed by atoms with Gasteiger partial charge >= 0.3 is 0 Å². The Morgan fingerprint density at radius 2 is 2.00 bits per heavy atom. The molecular weight excluding hydrogens is 476 g/mol. The van der Waals surface area contributed by atoms with Crippen molar-refractivity contribution >= 4 is 46.0 Å². The van der Waals surface area contributed by atoms with Crippen molar-refractivity contribution in [3.05, 3.63) is 58.2 Å². The fraction of sp³-hybridized carbons (Fsp3) is 0.217. The molecule has 2 aromatic heterocycles. The molecule has 0 fully saturated rings. The summed E-state index contributed by atoms with van der Waals surface area (Å²) in [4.78, 5) is 17.4. The van der Waals surface area contributed by atoms with E-state index in [1.807, 2.05) is 26.0 Å². The zero-order valence-corrected chi connectivity index (χ0v) is 20.6. The number of hydrogen-bond acceptors (Lipinski definition) is 7. The van der Waals surface area contributed by atoms with Crippen molar-refractivity contribution in [2.45, 2.75) is 19.0 Å². The highest BCUT2D eigenvalue weighted by Crippen LogP contribution is 2.30. The van der Waals surface area contributed by atoms with Gasteiger partial charge in [0.1, 0.15) is 17.0 Å². The topological polar surface area (TPSA) is 118 Å². The minimum Gasteiger partial charge on any atom is -0.497 e. The van der Waals surface area contributed by atoms with Gasteiger partial charge in [0.25, 0.3) is 0 Å². The molecule has 2 heterocycles. The number of rotatable bonds is 7. The molecule has 0 unspecified atom stereocenters. The number of methoxy groups -OCH3 is 2. The summed E-state index contributed by atoms with van der Waals surface area (Å²) in [6.45, 7) is 3.74. The molecule has 1 amide bonds. The molecule has 0 bridgehead atoms. The van der Waals surface area contributed by atoms with Crippen molar-refractivity contribution in [3.8, 4) is 17.2 Å². The number of hydrogen-bond donors (Lipinski definition) is 3. The monoisotopic (exact) mass is 498 g/mol. The molecular formula is C23H23ClN6O3S. The summed E-state index contributed by atoms with van der Waals surface area (Å²) in [5, 5.41) is 20.5. The number of nitrogens with one attached hydrogen (secondary N) is 3. The van der Waals surface area contributed by atoms with Gasteiger partial charge in [0, 0.05) is 22.5 Å². The van der Waals surface area contributed by atoms with Crippen LogP contribution in [-0.4, -0.2) is 45.6 Å². The van der Waals surface area contributed by atoms with Crippen molar-refractivity contribution in [3.63, 3.8) is 0 Å². The quantitative estimate of drug-likeness (QED) is 0.259. The molecule has 4 rings (SSSR count). The molecule has 9 nitrogen and oxygen atoms in total. The third-order valence-corrected chi connectivity index (χ3v) is 6.56. The second-order valence-electron chi connectivity index (χ2n) is 7.46. The van der Waals surface area contributed by atoms with Crippen LogP contribution in [0.25, 0.3) is 16.7 Å². The van der Waals surface area contributed by atoms with Gasteiger partial charge in [-0.1, -0.05) is 23.4 Å². The second kappa shape index (κ2) is 9.78. The lowest BCUT2D eigenvalue weighted by Crippen LogP contribution is -2.23. The van der Waals surface area contributed by atoms with Crippen LogP contribution >= 0.6 is 23.4 Å². The summed E-state index contributed by atoms with van der Waals surface area (Å²) >= 11 is 7.42. The Morgan fingerprint density at radius 1 is 1.21 bits per heavy atom. The second-order valence-corrected chi connectivity index (χ2v) is 8.81. The predicted octanol–water partition coefficient (Wildman–Crippen LogP) is 4.25. The first kappa shape index (κ1) is 23.7. The van der Waals surface area contributed by atoms with E-state index in [1.165, 1.54) is 18.9 Å². The van der Waals surface area contributed by atoms with E-state index in [-0.39, 0.29) is 17.1 Å². The number of aromatic nitrogens is 4. The van der Waals surface area contributed by atoms with Crippen LogP contribution in [-0.2, 0) is 4.79 Å². The minimum absolute atomic E-state index is 0.0586. The van der Waals surface area contributed by atoms with Crippen LogP contribution in [0, 0.1) is 19.3 Å². The lowest BCUT2D eigenvalue weighted by Gasteiger charge is -2.15. The zero-order chi connectivity index (χ0) is 24.4. The molecule has 2 aromatic carbocycles. The molecule has 0 aliphatic carbocycles. The number of aryl methyl sites for hydroxylation is 2. The average molecular weight is 499 g/mol. The van der Waals surface area contributed by atoms with Crippen LogP contribution in [0.5, 0.6) is 11.5 Å². The van der Waals surface area contributed by atoms with Crippen LogP contribution in [0.1, 0.15) is 11.3 Å². The van der Waals surface area contributed by atoms with Crippen molar-refractivity contribution in [2.24, 2.45) is 0 Å². The molecule has 0 saturated heterocycles. The molecule has 3 N–H and O–H groups in total. The molecule has 4 aromatic rings. The van der Waals surface area contributed by atoms with Crippen LogP contribution in [0.4, 0.5) is 5.69 Å². The number of nitrogens with zero attached hydrogens (tertiary/aromatic N) is 3. The Labute approximate surface area is 205 Å². The maximum atomic E-state index is 12.8. The zero-order valence-electron chi connectivity index (χ0n) is 19.0. The Hall–Kier alpha value is -3.50. The van der Waals surface area contributed by atoms with Crippen molar-refractivity contribution in [1.29, 1.82) is 5.41 Å². The highest BCUT2D eigenvalue weighted by atomic mass is 35.5. The highest BCUT2D eigenvalue weighted by molar-refractivity contribution is 7.99. The Balaban J connectivity index is 1.66. The number of anilines is 1. The van der Waals surface area contributed by atoms with Gasteiger partial charge in [-0.25, -0.2) is 4.98 Å². The first-order valence-electron chi connectivity index (χ1n) is 10.3. The van der Waals surface area contributed by atoms with E-state index in [0.29, 0.717) is 38.4 Å². The lowest BCUT2D eigenvalue weighted by molar-refractivity contribution is -0.113. The molecule has 176 valence electrons. The summed E-state index contributed by atoms with van der Waals surface area (Å²) in [7, 11) is 3.09. The molecule has 0 saturated carbocycles. The van der Waals surface area contributed by atoms with Gasteiger partial charge in [0.2, 0.25) is 5.91 Å². The summed E-state index contributed by atoms with van der Waals surface area (Å²) < 4.78 is 12.2. The van der Waals surface area contributed by atoms with Crippen molar-refractivity contribution in [2.75, 3.05) is 25.3 Å². The number of carbonyl (C=O) groups excluding carboxylic acids is 1. The molecule has 0 atom stereocenters. The van der Waals surface area contributed by atoms with E-state index in [1.54, 1.807) is 35.9 Å².